The van der Waals surface area contributed by atoms with Crippen molar-refractivity contribution in [2.45, 2.75) is 219 Å². The van der Waals surface area contributed by atoms with Crippen LogP contribution < -0.4 is 0 Å². The van der Waals surface area contributed by atoms with Crippen LogP contribution in [0.4, 0.5) is 0 Å². The molecule has 0 aromatic carbocycles. The summed E-state index contributed by atoms with van der Waals surface area (Å²) in [4.78, 5) is 37.9. The molecule has 0 aromatic heterocycles. The molecular formula is C59H94O6. The van der Waals surface area contributed by atoms with Gasteiger partial charge in [-0.2, -0.15) is 0 Å². The number of carbonyl (C=O) groups excluding carboxylic acids is 3. The minimum atomic E-state index is -0.825. The van der Waals surface area contributed by atoms with E-state index in [0.29, 0.717) is 19.3 Å². The molecule has 0 saturated carbocycles. The van der Waals surface area contributed by atoms with Crippen LogP contribution in [0.3, 0.4) is 0 Å². The zero-order chi connectivity index (χ0) is 47.2. The Balaban J connectivity index is 4.46. The Bertz CT molecular complexity index is 1400. The molecule has 6 heteroatoms. The Kier molecular flexibility index (Phi) is 49.1. The summed E-state index contributed by atoms with van der Waals surface area (Å²) in [7, 11) is 0. The van der Waals surface area contributed by atoms with E-state index in [2.05, 4.69) is 130 Å². The van der Waals surface area contributed by atoms with Crippen LogP contribution in [-0.2, 0) is 28.6 Å². The van der Waals surface area contributed by atoms with Crippen LogP contribution in [0, 0.1) is 0 Å². The molecule has 0 aromatic rings. The minimum Gasteiger partial charge on any atom is -0.462 e. The van der Waals surface area contributed by atoms with Crippen LogP contribution in [0.25, 0.3) is 0 Å². The highest BCUT2D eigenvalue weighted by molar-refractivity contribution is 5.71. The van der Waals surface area contributed by atoms with Gasteiger partial charge < -0.3 is 14.2 Å². The second kappa shape index (κ2) is 52.4. The standard InChI is InChI=1S/C59H94O6/c1-4-7-10-13-16-19-21-23-25-27-29-31-33-35-37-40-43-46-49-52-58(61)64-55-56(54-63-57(60)51-48-45-42-39-18-15-12-9-6-3)65-59(62)53-50-47-44-41-38-36-34-32-30-28-26-24-22-20-17-14-11-8-5-2/h7,9-10,12,16-20,22-25,29,31,35,37,39,43,46,56H,4-6,8,11,13-15,21,26-28,30,32-34,36,38,40-42,44-45,47-55H2,1-3H3/b10-7-,12-9-,19-16-,20-17-,24-22-,25-23-,31-29-,37-35-,39-18-,46-43-. The SMILES string of the molecule is CC/C=C\C/C=C\C/C=C\C/C=C\C/C=C\C/C=C\CCC(=O)OCC(COC(=O)CCCC/C=C\C/C=C\CC)OC(=O)CCCCCCCCCCCC/C=C\C=C/CCCCC. The smallest absolute Gasteiger partial charge is 0.306 e. The fourth-order valence-corrected chi connectivity index (χ4v) is 6.61. The van der Waals surface area contributed by atoms with Gasteiger partial charge in [-0.3, -0.25) is 14.4 Å². The highest BCUT2D eigenvalue weighted by Gasteiger charge is 2.19. The molecule has 0 aliphatic rings. The lowest BCUT2D eigenvalue weighted by Gasteiger charge is -2.18. The van der Waals surface area contributed by atoms with Gasteiger partial charge in [-0.15, -0.1) is 0 Å². The summed E-state index contributed by atoms with van der Waals surface area (Å²) in [6, 6.07) is 0. The van der Waals surface area contributed by atoms with Gasteiger partial charge in [-0.25, -0.2) is 0 Å². The minimum absolute atomic E-state index is 0.123. The Hall–Kier alpha value is -4.19. The Labute approximate surface area is 399 Å². The lowest BCUT2D eigenvalue weighted by Crippen LogP contribution is -2.30. The second-order valence-corrected chi connectivity index (χ2v) is 16.7. The van der Waals surface area contributed by atoms with Gasteiger partial charge in [0.2, 0.25) is 0 Å². The van der Waals surface area contributed by atoms with Crippen molar-refractivity contribution >= 4 is 17.9 Å². The van der Waals surface area contributed by atoms with E-state index in [4.69, 9.17) is 14.2 Å². The van der Waals surface area contributed by atoms with Crippen molar-refractivity contribution in [1.29, 1.82) is 0 Å². The number of hydrogen-bond donors (Lipinski definition) is 0. The van der Waals surface area contributed by atoms with E-state index >= 15 is 0 Å². The number of unbranched alkanes of at least 4 members (excludes halogenated alkanes) is 15. The van der Waals surface area contributed by atoms with Gasteiger partial charge in [0.1, 0.15) is 13.2 Å². The zero-order valence-corrected chi connectivity index (χ0v) is 41.7. The summed E-state index contributed by atoms with van der Waals surface area (Å²) in [6.45, 7) is 6.26. The highest BCUT2D eigenvalue weighted by Crippen LogP contribution is 2.14. The van der Waals surface area contributed by atoms with E-state index in [1.165, 1.54) is 77.0 Å². The molecule has 0 heterocycles. The fraction of sp³-hybridized carbons (Fsp3) is 0.610. The van der Waals surface area contributed by atoms with Gasteiger partial charge in [0, 0.05) is 19.3 Å². The summed E-state index contributed by atoms with van der Waals surface area (Å²) < 4.78 is 16.7. The van der Waals surface area contributed by atoms with Crippen molar-refractivity contribution in [3.05, 3.63) is 122 Å². The van der Waals surface area contributed by atoms with Gasteiger partial charge in [0.05, 0.1) is 0 Å². The van der Waals surface area contributed by atoms with E-state index in [9.17, 15) is 14.4 Å². The predicted molar refractivity (Wildman–Crippen MR) is 279 cm³/mol. The molecule has 0 fully saturated rings. The van der Waals surface area contributed by atoms with Crippen LogP contribution in [0.5, 0.6) is 0 Å². The molecule has 1 unspecified atom stereocenters. The maximum Gasteiger partial charge on any atom is 0.306 e. The van der Waals surface area contributed by atoms with Crippen molar-refractivity contribution in [2.75, 3.05) is 13.2 Å². The highest BCUT2D eigenvalue weighted by atomic mass is 16.6. The third kappa shape index (κ3) is 50.7. The third-order valence-corrected chi connectivity index (χ3v) is 10.5. The number of carbonyl (C=O) groups is 3. The van der Waals surface area contributed by atoms with Gasteiger partial charge in [-0.05, 0) is 109 Å². The van der Waals surface area contributed by atoms with Crippen molar-refractivity contribution in [3.63, 3.8) is 0 Å². The Morgan fingerprint density at radius 3 is 1.15 bits per heavy atom. The van der Waals surface area contributed by atoms with Crippen LogP contribution >= 0.6 is 0 Å². The summed E-state index contributed by atoms with van der Waals surface area (Å²) in [6.07, 6.45) is 72.1. The molecule has 0 saturated heterocycles. The molecule has 0 bridgehead atoms. The monoisotopic (exact) mass is 899 g/mol. The van der Waals surface area contributed by atoms with Gasteiger partial charge >= 0.3 is 17.9 Å². The summed E-state index contributed by atoms with van der Waals surface area (Å²) >= 11 is 0. The third-order valence-electron chi connectivity index (χ3n) is 10.5. The first-order valence-electron chi connectivity index (χ1n) is 26.1. The summed E-state index contributed by atoms with van der Waals surface area (Å²) in [5.74, 6) is -1.05. The predicted octanol–water partition coefficient (Wildman–Crippen LogP) is 17.3. The van der Waals surface area contributed by atoms with Crippen LogP contribution in [0.1, 0.15) is 213 Å². The average molecular weight is 899 g/mol. The molecule has 1 atom stereocenters. The molecule has 366 valence electrons. The molecule has 0 radical (unpaired) electrons. The van der Waals surface area contributed by atoms with Crippen LogP contribution in [0.2, 0.25) is 0 Å². The zero-order valence-electron chi connectivity index (χ0n) is 41.7. The molecule has 0 spiro atoms. The molecule has 0 aliphatic heterocycles. The van der Waals surface area contributed by atoms with Gasteiger partial charge in [0.15, 0.2) is 6.10 Å². The maximum atomic E-state index is 12.8. The number of rotatable bonds is 45. The van der Waals surface area contributed by atoms with E-state index in [1.54, 1.807) is 0 Å². The molecular weight excluding hydrogens is 805 g/mol. The molecule has 0 amide bonds. The van der Waals surface area contributed by atoms with Crippen LogP contribution in [-0.4, -0.2) is 37.2 Å². The summed E-state index contributed by atoms with van der Waals surface area (Å²) in [5, 5.41) is 0. The Morgan fingerprint density at radius 2 is 0.677 bits per heavy atom. The lowest BCUT2D eigenvalue weighted by atomic mass is 10.1. The molecule has 65 heavy (non-hydrogen) atoms. The fourth-order valence-electron chi connectivity index (χ4n) is 6.61. The largest absolute Gasteiger partial charge is 0.462 e. The van der Waals surface area contributed by atoms with Crippen molar-refractivity contribution in [3.8, 4) is 0 Å². The van der Waals surface area contributed by atoms with Crippen molar-refractivity contribution < 1.29 is 28.6 Å². The van der Waals surface area contributed by atoms with Gasteiger partial charge in [-0.1, -0.05) is 206 Å². The number of ether oxygens (including phenoxy) is 3. The van der Waals surface area contributed by atoms with Gasteiger partial charge in [0.25, 0.3) is 0 Å². The van der Waals surface area contributed by atoms with Crippen molar-refractivity contribution in [1.82, 2.24) is 0 Å². The quantitative estimate of drug-likeness (QED) is 0.0199. The second-order valence-electron chi connectivity index (χ2n) is 16.7. The number of allylic oxidation sites excluding steroid dienone is 20. The molecule has 0 rings (SSSR count). The molecule has 6 nitrogen and oxygen atoms in total. The first kappa shape index (κ1) is 60.8. The van der Waals surface area contributed by atoms with E-state index in [0.717, 1.165) is 89.9 Å². The van der Waals surface area contributed by atoms with E-state index < -0.39 is 6.10 Å². The molecule has 0 N–H and O–H groups in total. The normalized spacial score (nSPS) is 13.1. The Morgan fingerprint density at radius 1 is 0.338 bits per heavy atom. The van der Waals surface area contributed by atoms with Crippen molar-refractivity contribution in [2.24, 2.45) is 0 Å². The van der Waals surface area contributed by atoms with E-state index in [-0.39, 0.29) is 37.5 Å². The van der Waals surface area contributed by atoms with E-state index in [1.807, 2.05) is 12.2 Å². The first-order chi connectivity index (χ1) is 32.0. The van der Waals surface area contributed by atoms with Crippen LogP contribution in [0.15, 0.2) is 122 Å². The number of esters is 3. The molecule has 0 aliphatic carbocycles. The first-order valence-corrected chi connectivity index (χ1v) is 26.1. The lowest BCUT2D eigenvalue weighted by molar-refractivity contribution is -0.166. The number of hydrogen-bond acceptors (Lipinski definition) is 6. The summed E-state index contributed by atoms with van der Waals surface area (Å²) in [5.41, 5.74) is 0. The topological polar surface area (TPSA) is 78.9 Å². The maximum absolute atomic E-state index is 12.8. The average Bonchev–Trinajstić information content (AvgIpc) is 3.30.